The third kappa shape index (κ3) is 3.26. The number of hydrogen-bond acceptors (Lipinski definition) is 5. The zero-order valence-corrected chi connectivity index (χ0v) is 15.0. The number of carbonyl (C=O) groups excluding carboxylic acids is 2. The molecule has 0 aromatic carbocycles. The Morgan fingerprint density at radius 1 is 1.19 bits per heavy atom. The second kappa shape index (κ2) is 7.15. The van der Waals surface area contributed by atoms with Crippen LogP contribution in [0.3, 0.4) is 0 Å². The van der Waals surface area contributed by atoms with Gasteiger partial charge in [0.2, 0.25) is 0 Å². The number of pyridine rings is 2. The monoisotopic (exact) mass is 360 g/mol. The molecule has 6 heteroatoms. The van der Waals surface area contributed by atoms with E-state index in [0.717, 1.165) is 29.8 Å². The zero-order chi connectivity index (χ0) is 18.8. The van der Waals surface area contributed by atoms with E-state index in [9.17, 15) is 9.59 Å². The van der Waals surface area contributed by atoms with E-state index >= 15 is 0 Å². The fourth-order valence-electron chi connectivity index (χ4n) is 3.78. The van der Waals surface area contributed by atoms with E-state index < -0.39 is 5.92 Å². The normalized spacial score (nSPS) is 19.4. The minimum Gasteiger partial charge on any atom is -0.362 e. The smallest absolute Gasteiger partial charge is 0.255 e. The van der Waals surface area contributed by atoms with Crippen molar-refractivity contribution in [3.8, 4) is 0 Å². The third-order valence-corrected chi connectivity index (χ3v) is 4.94. The van der Waals surface area contributed by atoms with E-state index in [1.54, 1.807) is 30.7 Å². The first kappa shape index (κ1) is 17.1. The molecular weight excluding hydrogens is 340 g/mol. The molecule has 3 heterocycles. The van der Waals surface area contributed by atoms with Gasteiger partial charge in [0.1, 0.15) is 5.82 Å². The van der Waals surface area contributed by atoms with Crippen LogP contribution in [0.2, 0.25) is 0 Å². The number of amides is 1. The Labute approximate surface area is 157 Å². The maximum absolute atomic E-state index is 13.1. The van der Waals surface area contributed by atoms with Crippen LogP contribution >= 0.6 is 0 Å². The minimum atomic E-state index is -0.425. The predicted octanol–water partition coefficient (Wildman–Crippen LogP) is 3.08. The molecular formula is C21H20N4O2. The molecule has 1 amide bonds. The maximum Gasteiger partial charge on any atom is 0.255 e. The first-order valence-electron chi connectivity index (χ1n) is 9.01. The lowest BCUT2D eigenvalue weighted by Crippen LogP contribution is -2.35. The summed E-state index contributed by atoms with van der Waals surface area (Å²) in [5.41, 5.74) is 3.73. The van der Waals surface area contributed by atoms with Crippen LogP contribution in [0, 0.1) is 0 Å². The molecule has 2 aliphatic rings. The number of aromatic nitrogens is 2. The molecule has 0 bridgehead atoms. The standard InChI is InChI=1S/C21H20N4O2/c1-13-18(21(27)25-17-9-2-3-11-23-17)19(14-6-5-10-22-12-14)20-15(24-13)7-4-8-16(20)26/h2-3,5-6,9-12,19,24H,4,7-8H2,1H3,(H,23,25,27). The van der Waals surface area contributed by atoms with Crippen molar-refractivity contribution in [3.63, 3.8) is 0 Å². The summed E-state index contributed by atoms with van der Waals surface area (Å²) in [6.07, 6.45) is 7.18. The Morgan fingerprint density at radius 3 is 2.81 bits per heavy atom. The van der Waals surface area contributed by atoms with E-state index in [4.69, 9.17) is 0 Å². The molecule has 0 fully saturated rings. The van der Waals surface area contributed by atoms with Crippen LogP contribution < -0.4 is 10.6 Å². The van der Waals surface area contributed by atoms with Crippen molar-refractivity contribution >= 4 is 17.5 Å². The highest BCUT2D eigenvalue weighted by molar-refractivity contribution is 6.09. The van der Waals surface area contributed by atoms with Gasteiger partial charge in [0.25, 0.3) is 5.91 Å². The van der Waals surface area contributed by atoms with Crippen LogP contribution in [0.5, 0.6) is 0 Å². The van der Waals surface area contributed by atoms with Gasteiger partial charge in [-0.25, -0.2) is 4.98 Å². The summed E-state index contributed by atoms with van der Waals surface area (Å²) >= 11 is 0. The zero-order valence-electron chi connectivity index (χ0n) is 15.0. The molecule has 4 rings (SSSR count). The van der Waals surface area contributed by atoms with Crippen molar-refractivity contribution < 1.29 is 9.59 Å². The van der Waals surface area contributed by atoms with Crippen LogP contribution in [0.4, 0.5) is 5.82 Å². The molecule has 0 saturated heterocycles. The summed E-state index contributed by atoms with van der Waals surface area (Å²) in [4.78, 5) is 34.3. The molecule has 2 aromatic heterocycles. The minimum absolute atomic E-state index is 0.0910. The van der Waals surface area contributed by atoms with Crippen LogP contribution in [0.1, 0.15) is 37.7 Å². The van der Waals surface area contributed by atoms with Gasteiger partial charge in [-0.1, -0.05) is 12.1 Å². The predicted molar refractivity (Wildman–Crippen MR) is 102 cm³/mol. The quantitative estimate of drug-likeness (QED) is 0.879. The fourth-order valence-corrected chi connectivity index (χ4v) is 3.78. The second-order valence-electron chi connectivity index (χ2n) is 6.72. The number of dihydropyridines is 1. The Bertz CT molecular complexity index is 949. The Morgan fingerprint density at radius 2 is 2.07 bits per heavy atom. The second-order valence-corrected chi connectivity index (χ2v) is 6.72. The van der Waals surface area contributed by atoms with Crippen LogP contribution in [-0.4, -0.2) is 21.7 Å². The molecule has 0 saturated carbocycles. The van der Waals surface area contributed by atoms with E-state index in [1.807, 2.05) is 25.1 Å². The molecule has 1 atom stereocenters. The Kier molecular flexibility index (Phi) is 4.54. The van der Waals surface area contributed by atoms with Crippen LogP contribution in [-0.2, 0) is 9.59 Å². The van der Waals surface area contributed by atoms with Gasteiger partial charge < -0.3 is 10.6 Å². The summed E-state index contributed by atoms with van der Waals surface area (Å²) in [5.74, 6) is -0.125. The number of rotatable bonds is 3. The highest BCUT2D eigenvalue weighted by Crippen LogP contribution is 2.42. The summed E-state index contributed by atoms with van der Waals surface area (Å²) in [6.45, 7) is 1.87. The van der Waals surface area contributed by atoms with Crippen LogP contribution in [0.15, 0.2) is 71.5 Å². The van der Waals surface area contributed by atoms with Gasteiger partial charge in [-0.05, 0) is 43.5 Å². The fraction of sp³-hybridized carbons (Fsp3) is 0.238. The molecule has 1 aliphatic heterocycles. The summed E-state index contributed by atoms with van der Waals surface area (Å²) in [5, 5.41) is 6.15. The topological polar surface area (TPSA) is 84.0 Å². The van der Waals surface area contributed by atoms with E-state index in [2.05, 4.69) is 20.6 Å². The molecule has 0 spiro atoms. The van der Waals surface area contributed by atoms with Crippen molar-refractivity contribution in [1.82, 2.24) is 15.3 Å². The van der Waals surface area contributed by atoms with Gasteiger partial charge in [-0.15, -0.1) is 0 Å². The number of ketones is 1. The maximum atomic E-state index is 13.1. The lowest BCUT2D eigenvalue weighted by Gasteiger charge is -2.34. The molecule has 1 unspecified atom stereocenters. The van der Waals surface area contributed by atoms with Gasteiger partial charge in [-0.2, -0.15) is 0 Å². The summed E-state index contributed by atoms with van der Waals surface area (Å²) < 4.78 is 0. The molecule has 27 heavy (non-hydrogen) atoms. The van der Waals surface area contributed by atoms with Crippen molar-refractivity contribution in [2.45, 2.75) is 32.1 Å². The first-order chi connectivity index (χ1) is 13.1. The Balaban J connectivity index is 1.78. The van der Waals surface area contributed by atoms with Crippen molar-refractivity contribution in [2.24, 2.45) is 0 Å². The third-order valence-electron chi connectivity index (χ3n) is 4.94. The van der Waals surface area contributed by atoms with Gasteiger partial charge in [0.15, 0.2) is 5.78 Å². The number of nitrogens with one attached hydrogen (secondary N) is 2. The number of anilines is 1. The van der Waals surface area contributed by atoms with Crippen molar-refractivity contribution in [1.29, 1.82) is 0 Å². The number of allylic oxidation sites excluding steroid dienone is 3. The molecule has 6 nitrogen and oxygen atoms in total. The van der Waals surface area contributed by atoms with E-state index in [0.29, 0.717) is 23.4 Å². The highest BCUT2D eigenvalue weighted by atomic mass is 16.2. The SMILES string of the molecule is CC1=C(C(=O)Nc2ccccn2)C(c2cccnc2)C2=C(CCCC2=O)N1. The number of carbonyl (C=O) groups is 2. The molecule has 1 aliphatic carbocycles. The summed E-state index contributed by atoms with van der Waals surface area (Å²) in [7, 11) is 0. The van der Waals surface area contributed by atoms with E-state index in [-0.39, 0.29) is 11.7 Å². The average molecular weight is 360 g/mol. The van der Waals surface area contributed by atoms with Gasteiger partial charge in [-0.3, -0.25) is 14.6 Å². The largest absolute Gasteiger partial charge is 0.362 e. The van der Waals surface area contributed by atoms with Crippen molar-refractivity contribution in [3.05, 3.63) is 77.0 Å². The average Bonchev–Trinajstić information content (AvgIpc) is 2.68. The van der Waals surface area contributed by atoms with Gasteiger partial charge >= 0.3 is 0 Å². The van der Waals surface area contributed by atoms with Crippen LogP contribution in [0.25, 0.3) is 0 Å². The highest BCUT2D eigenvalue weighted by Gasteiger charge is 2.38. The lowest BCUT2D eigenvalue weighted by molar-refractivity contribution is -0.116. The van der Waals surface area contributed by atoms with Crippen molar-refractivity contribution in [2.75, 3.05) is 5.32 Å². The molecule has 136 valence electrons. The molecule has 0 radical (unpaired) electrons. The van der Waals surface area contributed by atoms with Gasteiger partial charge in [0.05, 0.1) is 0 Å². The summed E-state index contributed by atoms with van der Waals surface area (Å²) in [6, 6.07) is 9.08. The number of hydrogen-bond donors (Lipinski definition) is 2. The van der Waals surface area contributed by atoms with E-state index in [1.165, 1.54) is 0 Å². The molecule has 2 N–H and O–H groups in total. The number of Topliss-reactive ketones (excluding diaryl/α,β-unsaturated/α-hetero) is 1. The first-order valence-corrected chi connectivity index (χ1v) is 9.01. The molecule has 2 aromatic rings. The number of nitrogens with zero attached hydrogens (tertiary/aromatic N) is 2. The van der Waals surface area contributed by atoms with Gasteiger partial charge in [0, 0.05) is 53.5 Å². The lowest BCUT2D eigenvalue weighted by atomic mass is 9.75. The Hall–Kier alpha value is -3.28.